The summed E-state index contributed by atoms with van der Waals surface area (Å²) < 4.78 is 17.5. The second-order valence-electron chi connectivity index (χ2n) is 9.50. The fourth-order valence-corrected chi connectivity index (χ4v) is 4.57. The molecule has 2 heterocycles. The Morgan fingerprint density at radius 2 is 1.62 bits per heavy atom. The average Bonchev–Trinajstić information content (AvgIpc) is 3.22. The summed E-state index contributed by atoms with van der Waals surface area (Å²) in [7, 11) is 0. The number of unbranched alkanes of at least 4 members (excludes halogenated alkanes) is 1. The maximum atomic E-state index is 13.5. The molecule has 4 rings (SSSR count). The molecule has 1 fully saturated rings. The second-order valence-corrected chi connectivity index (χ2v) is 9.50. The van der Waals surface area contributed by atoms with Gasteiger partial charge in [-0.05, 0) is 79.4 Å². The molecule has 1 aliphatic rings. The van der Waals surface area contributed by atoms with E-state index in [4.69, 9.17) is 14.2 Å². The van der Waals surface area contributed by atoms with Crippen molar-refractivity contribution in [2.75, 3.05) is 19.8 Å². The predicted octanol–water partition coefficient (Wildman–Crippen LogP) is 6.07. The molecule has 1 saturated heterocycles. The van der Waals surface area contributed by atoms with Crippen molar-refractivity contribution in [3.05, 3.63) is 89.3 Å². The maximum absolute atomic E-state index is 13.5. The first-order valence-corrected chi connectivity index (χ1v) is 13.8. The molecule has 1 unspecified atom stereocenters. The number of Topliss-reactive ketones (excluding diaryl/α,β-unsaturated/α-hetero) is 1. The number of nitrogens with zero attached hydrogens (tertiary/aromatic N) is 2. The largest absolute Gasteiger partial charge is 0.507 e. The molecule has 1 aromatic heterocycles. The Bertz CT molecular complexity index is 1340. The number of pyridine rings is 1. The Morgan fingerprint density at radius 3 is 2.30 bits per heavy atom. The molecule has 2 aromatic carbocycles. The van der Waals surface area contributed by atoms with E-state index in [1.165, 1.54) is 4.90 Å². The molecule has 40 heavy (non-hydrogen) atoms. The van der Waals surface area contributed by atoms with Crippen molar-refractivity contribution in [1.29, 1.82) is 0 Å². The topological polar surface area (TPSA) is 98.2 Å². The van der Waals surface area contributed by atoms with Gasteiger partial charge in [-0.1, -0.05) is 26.3 Å². The van der Waals surface area contributed by atoms with Crippen LogP contribution in [0.2, 0.25) is 0 Å². The number of aliphatic hydroxyl groups excluding tert-OH is 1. The predicted molar refractivity (Wildman–Crippen MR) is 152 cm³/mol. The SMILES string of the molecule is CCCCOc1ccc(C2/C(=C(\O)c3ccc(OCCC)cc3)C(=O)C(=O)N2Cc2ccncc2)cc1OCC. The van der Waals surface area contributed by atoms with Crippen LogP contribution in [0, 0.1) is 0 Å². The van der Waals surface area contributed by atoms with Gasteiger partial charge in [-0.25, -0.2) is 0 Å². The molecular weight excluding hydrogens is 508 g/mol. The lowest BCUT2D eigenvalue weighted by molar-refractivity contribution is -0.140. The van der Waals surface area contributed by atoms with Crippen molar-refractivity contribution >= 4 is 17.4 Å². The third kappa shape index (κ3) is 6.45. The van der Waals surface area contributed by atoms with Gasteiger partial charge in [0.2, 0.25) is 0 Å². The minimum absolute atomic E-state index is 0.0170. The molecule has 0 bridgehead atoms. The molecule has 1 N–H and O–H groups in total. The Labute approximate surface area is 235 Å². The number of ether oxygens (including phenoxy) is 3. The molecule has 210 valence electrons. The summed E-state index contributed by atoms with van der Waals surface area (Å²) in [6.07, 6.45) is 6.05. The third-order valence-electron chi connectivity index (χ3n) is 6.58. The van der Waals surface area contributed by atoms with E-state index in [0.29, 0.717) is 48.2 Å². The number of benzene rings is 2. The van der Waals surface area contributed by atoms with Crippen molar-refractivity contribution in [2.24, 2.45) is 0 Å². The minimum atomic E-state index is -0.840. The van der Waals surface area contributed by atoms with E-state index in [2.05, 4.69) is 11.9 Å². The Kier molecular flexibility index (Phi) is 9.78. The van der Waals surface area contributed by atoms with Gasteiger partial charge in [0.25, 0.3) is 11.7 Å². The van der Waals surface area contributed by atoms with Crippen molar-refractivity contribution in [2.45, 2.75) is 52.6 Å². The molecule has 0 spiro atoms. The number of carbonyl (C=O) groups excluding carboxylic acids is 2. The number of aromatic nitrogens is 1. The molecule has 0 aliphatic carbocycles. The van der Waals surface area contributed by atoms with Gasteiger partial charge < -0.3 is 24.2 Å². The van der Waals surface area contributed by atoms with Gasteiger partial charge in [-0.15, -0.1) is 0 Å². The van der Waals surface area contributed by atoms with E-state index in [0.717, 1.165) is 24.8 Å². The molecule has 1 amide bonds. The first kappa shape index (κ1) is 28.7. The summed E-state index contributed by atoms with van der Waals surface area (Å²) in [5, 5.41) is 11.4. The van der Waals surface area contributed by atoms with Gasteiger partial charge in [0, 0.05) is 24.5 Å². The highest BCUT2D eigenvalue weighted by Crippen LogP contribution is 2.43. The summed E-state index contributed by atoms with van der Waals surface area (Å²) in [5.41, 5.74) is 1.87. The van der Waals surface area contributed by atoms with Crippen LogP contribution in [-0.2, 0) is 16.1 Å². The lowest BCUT2D eigenvalue weighted by Gasteiger charge is -2.26. The van der Waals surface area contributed by atoms with E-state index in [9.17, 15) is 14.7 Å². The van der Waals surface area contributed by atoms with Crippen molar-refractivity contribution in [3.8, 4) is 17.2 Å². The smallest absolute Gasteiger partial charge is 0.295 e. The highest BCUT2D eigenvalue weighted by Gasteiger charge is 2.46. The Morgan fingerprint density at radius 1 is 0.875 bits per heavy atom. The van der Waals surface area contributed by atoms with Crippen LogP contribution >= 0.6 is 0 Å². The van der Waals surface area contributed by atoms with Crippen LogP contribution in [0.1, 0.15) is 62.8 Å². The number of likely N-dealkylation sites (tertiary alicyclic amines) is 1. The third-order valence-corrected chi connectivity index (χ3v) is 6.58. The number of carbonyl (C=O) groups is 2. The molecule has 0 radical (unpaired) electrons. The number of hydrogen-bond acceptors (Lipinski definition) is 7. The van der Waals surface area contributed by atoms with Crippen molar-refractivity contribution in [3.63, 3.8) is 0 Å². The van der Waals surface area contributed by atoms with Gasteiger partial charge in [-0.2, -0.15) is 0 Å². The van der Waals surface area contributed by atoms with Crippen LogP contribution in [0.4, 0.5) is 0 Å². The molecule has 8 heteroatoms. The van der Waals surface area contributed by atoms with Crippen molar-refractivity contribution < 1.29 is 28.9 Å². The number of ketones is 1. The zero-order chi connectivity index (χ0) is 28.5. The van der Waals surface area contributed by atoms with Gasteiger partial charge in [0.15, 0.2) is 11.5 Å². The van der Waals surface area contributed by atoms with E-state index in [1.54, 1.807) is 60.9 Å². The molecule has 0 saturated carbocycles. The van der Waals surface area contributed by atoms with Crippen LogP contribution in [0.5, 0.6) is 17.2 Å². The lowest BCUT2D eigenvalue weighted by atomic mass is 9.94. The quantitative estimate of drug-likeness (QED) is 0.121. The Hall–Kier alpha value is -4.33. The van der Waals surface area contributed by atoms with Gasteiger partial charge in [0.1, 0.15) is 11.5 Å². The normalized spacial score (nSPS) is 16.3. The van der Waals surface area contributed by atoms with Crippen LogP contribution in [0.15, 0.2) is 72.6 Å². The molecule has 1 aliphatic heterocycles. The lowest BCUT2D eigenvalue weighted by Crippen LogP contribution is -2.29. The summed E-state index contributed by atoms with van der Waals surface area (Å²) in [6, 6.07) is 15.0. The first-order valence-electron chi connectivity index (χ1n) is 13.8. The van der Waals surface area contributed by atoms with Gasteiger partial charge in [0.05, 0.1) is 31.4 Å². The second kappa shape index (κ2) is 13.6. The summed E-state index contributed by atoms with van der Waals surface area (Å²) in [5.74, 6) is 0.0874. The highest BCUT2D eigenvalue weighted by molar-refractivity contribution is 6.46. The van der Waals surface area contributed by atoms with Crippen LogP contribution in [0.3, 0.4) is 0 Å². The van der Waals surface area contributed by atoms with Crippen LogP contribution in [0.25, 0.3) is 5.76 Å². The summed E-state index contributed by atoms with van der Waals surface area (Å²) in [4.78, 5) is 32.4. The van der Waals surface area contributed by atoms with Gasteiger partial charge in [-0.3, -0.25) is 14.6 Å². The van der Waals surface area contributed by atoms with E-state index >= 15 is 0 Å². The van der Waals surface area contributed by atoms with E-state index in [-0.39, 0.29) is 17.9 Å². The zero-order valence-corrected chi connectivity index (χ0v) is 23.3. The monoisotopic (exact) mass is 544 g/mol. The highest BCUT2D eigenvalue weighted by atomic mass is 16.5. The summed E-state index contributed by atoms with van der Waals surface area (Å²) in [6.45, 7) is 7.69. The van der Waals surface area contributed by atoms with Gasteiger partial charge >= 0.3 is 0 Å². The molecule has 1 atom stereocenters. The molecule has 8 nitrogen and oxygen atoms in total. The van der Waals surface area contributed by atoms with E-state index < -0.39 is 17.7 Å². The zero-order valence-electron chi connectivity index (χ0n) is 23.3. The number of rotatable bonds is 13. The van der Waals surface area contributed by atoms with Crippen LogP contribution < -0.4 is 14.2 Å². The number of hydrogen-bond donors (Lipinski definition) is 1. The summed E-state index contributed by atoms with van der Waals surface area (Å²) >= 11 is 0. The minimum Gasteiger partial charge on any atom is -0.507 e. The first-order chi connectivity index (χ1) is 19.5. The molecular formula is C32H36N2O6. The van der Waals surface area contributed by atoms with E-state index in [1.807, 2.05) is 19.9 Å². The number of amides is 1. The van der Waals surface area contributed by atoms with Crippen LogP contribution in [-0.4, -0.2) is 46.5 Å². The standard InChI is InChI=1S/C32H36N2O6/c1-4-7-19-40-26-13-10-24(20-27(26)38-6-3)29-28(30(35)23-8-11-25(12-9-23)39-18-5-2)31(36)32(37)34(29)21-22-14-16-33-17-15-22/h8-17,20,29,35H,4-7,18-19,21H2,1-3H3/b30-28+. The fourth-order valence-electron chi connectivity index (χ4n) is 4.57. The van der Waals surface area contributed by atoms with Crippen molar-refractivity contribution in [1.82, 2.24) is 9.88 Å². The Balaban J connectivity index is 1.80. The maximum Gasteiger partial charge on any atom is 0.295 e. The fraction of sp³-hybridized carbons (Fsp3) is 0.344. The molecule has 3 aromatic rings. The number of aliphatic hydroxyl groups is 1. The average molecular weight is 545 g/mol.